The van der Waals surface area contributed by atoms with Gasteiger partial charge in [-0.25, -0.2) is 0 Å². The Labute approximate surface area is 119 Å². The fourth-order valence-electron chi connectivity index (χ4n) is 1.55. The summed E-state index contributed by atoms with van der Waals surface area (Å²) < 4.78 is 24.1. The van der Waals surface area contributed by atoms with Crippen LogP contribution in [0.2, 0.25) is 0 Å². The van der Waals surface area contributed by atoms with Gasteiger partial charge in [0, 0.05) is 17.5 Å². The van der Waals surface area contributed by atoms with Crippen molar-refractivity contribution < 1.29 is 13.6 Å². The first-order chi connectivity index (χ1) is 9.65. The zero-order valence-corrected chi connectivity index (χ0v) is 11.2. The molecule has 0 saturated heterocycles. The van der Waals surface area contributed by atoms with Gasteiger partial charge in [0.25, 0.3) is 11.7 Å². The van der Waals surface area contributed by atoms with Crippen molar-refractivity contribution in [2.75, 3.05) is 5.32 Å². The lowest BCUT2D eigenvalue weighted by Crippen LogP contribution is -2.11. The van der Waals surface area contributed by atoms with Crippen LogP contribution in [-0.4, -0.2) is 16.6 Å². The van der Waals surface area contributed by atoms with E-state index in [-0.39, 0.29) is 11.7 Å². The van der Waals surface area contributed by atoms with Crippen LogP contribution in [-0.2, 0) is 5.75 Å². The van der Waals surface area contributed by atoms with E-state index in [0.29, 0.717) is 23.0 Å². The average Bonchev–Trinajstić information content (AvgIpc) is 2.46. The summed E-state index contributed by atoms with van der Waals surface area (Å²) in [6.07, 6.45) is 3.16. The fourth-order valence-corrected chi connectivity index (χ4v) is 2.06. The molecule has 0 unspecified atom stereocenters. The molecule has 1 aromatic heterocycles. The number of hydrogen-bond acceptors (Lipinski definition) is 3. The first-order valence-corrected chi connectivity index (χ1v) is 6.90. The summed E-state index contributed by atoms with van der Waals surface area (Å²) in [6.45, 7) is 0. The number of nitrogens with one attached hydrogen (secondary N) is 1. The van der Waals surface area contributed by atoms with Crippen LogP contribution in [0.4, 0.5) is 14.5 Å². The maximum absolute atomic E-state index is 12.1. The van der Waals surface area contributed by atoms with Crippen LogP contribution in [0.1, 0.15) is 15.9 Å². The number of benzene rings is 1. The van der Waals surface area contributed by atoms with Crippen LogP contribution < -0.4 is 5.32 Å². The summed E-state index contributed by atoms with van der Waals surface area (Å²) >= 11 is 0.559. The van der Waals surface area contributed by atoms with E-state index in [1.165, 1.54) is 0 Å². The summed E-state index contributed by atoms with van der Waals surface area (Å²) in [7, 11) is 0. The fraction of sp³-hybridized carbons (Fsp3) is 0.143. The standard InChI is InChI=1S/C14H12F2N2OS/c15-14(16)20-9-10-3-5-11(6-4-10)13(19)18-12-2-1-7-17-8-12/h1-8,14H,9H2,(H,18,19). The van der Waals surface area contributed by atoms with Crippen LogP contribution in [0.25, 0.3) is 0 Å². The van der Waals surface area contributed by atoms with E-state index in [0.717, 1.165) is 5.56 Å². The first-order valence-electron chi connectivity index (χ1n) is 5.85. The second-order valence-corrected chi connectivity index (χ2v) is 4.94. The molecule has 2 rings (SSSR count). The number of carbonyl (C=O) groups excluding carboxylic acids is 1. The van der Waals surface area contributed by atoms with Crippen molar-refractivity contribution in [2.45, 2.75) is 11.5 Å². The van der Waals surface area contributed by atoms with Crippen molar-refractivity contribution in [3.63, 3.8) is 0 Å². The molecule has 0 aliphatic heterocycles. The average molecular weight is 294 g/mol. The summed E-state index contributed by atoms with van der Waals surface area (Å²) in [6, 6.07) is 10.0. The predicted molar refractivity (Wildman–Crippen MR) is 75.9 cm³/mol. The molecule has 0 aliphatic rings. The number of amides is 1. The summed E-state index contributed by atoms with van der Waals surface area (Å²) in [5.41, 5.74) is 1.84. The van der Waals surface area contributed by atoms with E-state index in [1.807, 2.05) is 0 Å². The van der Waals surface area contributed by atoms with E-state index in [4.69, 9.17) is 0 Å². The SMILES string of the molecule is O=C(Nc1cccnc1)c1ccc(CSC(F)F)cc1. The number of anilines is 1. The Morgan fingerprint density at radius 2 is 2.00 bits per heavy atom. The number of rotatable bonds is 5. The molecule has 1 aromatic carbocycles. The van der Waals surface area contributed by atoms with Crippen molar-refractivity contribution in [1.29, 1.82) is 0 Å². The zero-order chi connectivity index (χ0) is 14.4. The molecule has 104 valence electrons. The van der Waals surface area contributed by atoms with Gasteiger partial charge in [-0.05, 0) is 29.8 Å². The van der Waals surface area contributed by atoms with Gasteiger partial charge < -0.3 is 5.32 Å². The molecule has 3 nitrogen and oxygen atoms in total. The first kappa shape index (κ1) is 14.5. The number of halogens is 2. The highest BCUT2D eigenvalue weighted by Gasteiger charge is 2.07. The third-order valence-corrected chi connectivity index (χ3v) is 3.26. The number of nitrogens with zero attached hydrogens (tertiary/aromatic N) is 1. The molecule has 1 heterocycles. The maximum atomic E-state index is 12.1. The Bertz CT molecular complexity index is 561. The zero-order valence-electron chi connectivity index (χ0n) is 10.4. The molecule has 0 fully saturated rings. The van der Waals surface area contributed by atoms with Crippen LogP contribution in [0.15, 0.2) is 48.8 Å². The Morgan fingerprint density at radius 1 is 1.25 bits per heavy atom. The van der Waals surface area contributed by atoms with E-state index < -0.39 is 5.76 Å². The lowest BCUT2D eigenvalue weighted by Gasteiger charge is -2.06. The molecule has 0 bridgehead atoms. The highest BCUT2D eigenvalue weighted by molar-refractivity contribution is 7.98. The highest BCUT2D eigenvalue weighted by Crippen LogP contribution is 2.20. The number of alkyl halides is 2. The molecule has 0 spiro atoms. The summed E-state index contributed by atoms with van der Waals surface area (Å²) in [4.78, 5) is 15.8. The minimum Gasteiger partial charge on any atom is -0.321 e. The monoisotopic (exact) mass is 294 g/mol. The molecule has 0 radical (unpaired) electrons. The predicted octanol–water partition coefficient (Wildman–Crippen LogP) is 3.79. The molecule has 20 heavy (non-hydrogen) atoms. The second-order valence-electron chi connectivity index (χ2n) is 3.96. The van der Waals surface area contributed by atoms with Gasteiger partial charge in [0.1, 0.15) is 0 Å². The number of aromatic nitrogens is 1. The number of hydrogen-bond donors (Lipinski definition) is 1. The topological polar surface area (TPSA) is 42.0 Å². The van der Waals surface area contributed by atoms with Crippen LogP contribution in [0, 0.1) is 0 Å². The molecular weight excluding hydrogens is 282 g/mol. The smallest absolute Gasteiger partial charge is 0.284 e. The highest BCUT2D eigenvalue weighted by atomic mass is 32.2. The van der Waals surface area contributed by atoms with Crippen LogP contribution >= 0.6 is 11.8 Å². The van der Waals surface area contributed by atoms with Gasteiger partial charge in [-0.3, -0.25) is 9.78 Å². The van der Waals surface area contributed by atoms with Gasteiger partial charge in [0.2, 0.25) is 0 Å². The van der Waals surface area contributed by atoms with Crippen molar-refractivity contribution in [3.8, 4) is 0 Å². The maximum Gasteiger partial charge on any atom is 0.284 e. The van der Waals surface area contributed by atoms with Gasteiger partial charge in [-0.1, -0.05) is 23.9 Å². The molecular formula is C14H12F2N2OS. The minimum atomic E-state index is -2.39. The molecule has 2 aromatic rings. The van der Waals surface area contributed by atoms with E-state index in [9.17, 15) is 13.6 Å². The largest absolute Gasteiger partial charge is 0.321 e. The second kappa shape index (κ2) is 7.00. The molecule has 1 N–H and O–H groups in total. The van der Waals surface area contributed by atoms with Gasteiger partial charge in [-0.15, -0.1) is 0 Å². The minimum absolute atomic E-state index is 0.224. The van der Waals surface area contributed by atoms with Crippen LogP contribution in [0.3, 0.4) is 0 Å². The van der Waals surface area contributed by atoms with Crippen LogP contribution in [0.5, 0.6) is 0 Å². The third kappa shape index (κ3) is 4.31. The Balaban J connectivity index is 1.97. The summed E-state index contributed by atoms with van der Waals surface area (Å²) in [5.74, 6) is -2.42. The summed E-state index contributed by atoms with van der Waals surface area (Å²) in [5, 5.41) is 2.70. The molecule has 0 atom stereocenters. The quantitative estimate of drug-likeness (QED) is 0.912. The molecule has 0 saturated carbocycles. The van der Waals surface area contributed by atoms with Crippen molar-refractivity contribution >= 4 is 23.4 Å². The lowest BCUT2D eigenvalue weighted by atomic mass is 10.1. The van der Waals surface area contributed by atoms with Gasteiger partial charge >= 0.3 is 0 Å². The molecule has 1 amide bonds. The third-order valence-electron chi connectivity index (χ3n) is 2.51. The van der Waals surface area contributed by atoms with Gasteiger partial charge in [0.05, 0.1) is 11.9 Å². The Morgan fingerprint density at radius 3 is 2.60 bits per heavy atom. The van der Waals surface area contributed by atoms with Gasteiger partial charge in [0.15, 0.2) is 0 Å². The van der Waals surface area contributed by atoms with E-state index >= 15 is 0 Å². The van der Waals surface area contributed by atoms with E-state index in [1.54, 1.807) is 48.8 Å². The molecule has 6 heteroatoms. The van der Waals surface area contributed by atoms with Crippen molar-refractivity contribution in [3.05, 3.63) is 59.9 Å². The Hall–Kier alpha value is -1.95. The lowest BCUT2D eigenvalue weighted by molar-refractivity contribution is 0.102. The van der Waals surface area contributed by atoms with Crippen molar-refractivity contribution in [2.24, 2.45) is 0 Å². The number of pyridine rings is 1. The van der Waals surface area contributed by atoms with Crippen molar-refractivity contribution in [1.82, 2.24) is 4.98 Å². The Kier molecular flexibility index (Phi) is 5.06. The number of carbonyl (C=O) groups is 1. The number of thioether (sulfide) groups is 1. The van der Waals surface area contributed by atoms with E-state index in [2.05, 4.69) is 10.3 Å². The normalized spacial score (nSPS) is 10.6. The van der Waals surface area contributed by atoms with Gasteiger partial charge in [-0.2, -0.15) is 8.78 Å². The molecule has 0 aliphatic carbocycles.